The van der Waals surface area contributed by atoms with Crippen molar-refractivity contribution in [3.8, 4) is 0 Å². The molecule has 1 aromatic heterocycles. The smallest absolute Gasteiger partial charge is 0.118 e. The molecule has 3 N–H and O–H groups in total. The van der Waals surface area contributed by atoms with Crippen molar-refractivity contribution in [2.45, 2.75) is 45.7 Å². The second-order valence-corrected chi connectivity index (χ2v) is 4.88. The van der Waals surface area contributed by atoms with Crippen LogP contribution in [0.15, 0.2) is 16.5 Å². The second-order valence-electron chi connectivity index (χ2n) is 4.88. The molecule has 0 bridgehead atoms. The third kappa shape index (κ3) is 2.47. The van der Waals surface area contributed by atoms with Gasteiger partial charge in [-0.25, -0.2) is 0 Å². The first-order valence-corrected chi connectivity index (χ1v) is 6.26. The molecule has 1 aliphatic carbocycles. The Morgan fingerprint density at radius 1 is 1.38 bits per heavy atom. The molecule has 90 valence electrons. The third-order valence-electron chi connectivity index (χ3n) is 3.88. The fourth-order valence-corrected chi connectivity index (χ4v) is 2.41. The van der Waals surface area contributed by atoms with Gasteiger partial charge in [-0.1, -0.05) is 13.3 Å². The second kappa shape index (κ2) is 5.02. The highest BCUT2D eigenvalue weighted by molar-refractivity contribution is 5.06. The minimum Gasteiger partial charge on any atom is -0.463 e. The van der Waals surface area contributed by atoms with Crippen LogP contribution in [0.3, 0.4) is 0 Å². The Kier molecular flexibility index (Phi) is 3.66. The fraction of sp³-hybridized carbons (Fsp3) is 0.692. The molecule has 0 spiro atoms. The minimum absolute atomic E-state index is 0.485. The lowest BCUT2D eigenvalue weighted by molar-refractivity contribution is 0.123. The van der Waals surface area contributed by atoms with Crippen molar-refractivity contribution in [1.82, 2.24) is 5.32 Å². The Morgan fingerprint density at radius 3 is 2.62 bits per heavy atom. The van der Waals surface area contributed by atoms with Crippen molar-refractivity contribution in [3.63, 3.8) is 0 Å². The zero-order valence-electron chi connectivity index (χ0n) is 10.1. The summed E-state index contributed by atoms with van der Waals surface area (Å²) < 4.78 is 5.55. The predicted octanol–water partition coefficient (Wildman–Crippen LogP) is 2.41. The SMILES string of the molecule is CCC1(CNCc2ccc(CN)o2)CCC1. The number of hydrogen-bond acceptors (Lipinski definition) is 3. The molecule has 0 saturated heterocycles. The first-order valence-electron chi connectivity index (χ1n) is 6.26. The van der Waals surface area contributed by atoms with Crippen molar-refractivity contribution in [2.24, 2.45) is 11.1 Å². The molecule has 0 aromatic carbocycles. The van der Waals surface area contributed by atoms with Gasteiger partial charge in [0.1, 0.15) is 11.5 Å². The summed E-state index contributed by atoms with van der Waals surface area (Å²) in [7, 11) is 0. The highest BCUT2D eigenvalue weighted by Gasteiger charge is 2.34. The van der Waals surface area contributed by atoms with Gasteiger partial charge in [-0.05, 0) is 36.8 Å². The number of nitrogens with two attached hydrogens (primary N) is 1. The van der Waals surface area contributed by atoms with Crippen LogP contribution in [0.5, 0.6) is 0 Å². The molecule has 0 radical (unpaired) electrons. The van der Waals surface area contributed by atoms with Gasteiger partial charge in [-0.2, -0.15) is 0 Å². The lowest BCUT2D eigenvalue weighted by Crippen LogP contribution is -2.39. The molecule has 0 aliphatic heterocycles. The van der Waals surface area contributed by atoms with Gasteiger partial charge in [0.25, 0.3) is 0 Å². The molecule has 1 saturated carbocycles. The maximum atomic E-state index is 5.55. The van der Waals surface area contributed by atoms with Crippen molar-refractivity contribution < 1.29 is 4.42 Å². The summed E-state index contributed by atoms with van der Waals surface area (Å²) in [5.74, 6) is 1.86. The van der Waals surface area contributed by atoms with Gasteiger partial charge in [-0.3, -0.25) is 0 Å². The van der Waals surface area contributed by atoms with Crippen LogP contribution in [-0.2, 0) is 13.1 Å². The van der Waals surface area contributed by atoms with E-state index >= 15 is 0 Å². The molecule has 1 fully saturated rings. The third-order valence-corrected chi connectivity index (χ3v) is 3.88. The Balaban J connectivity index is 1.75. The molecule has 1 aromatic rings. The molecule has 2 rings (SSSR count). The van der Waals surface area contributed by atoms with Crippen LogP contribution in [0.4, 0.5) is 0 Å². The van der Waals surface area contributed by atoms with E-state index in [1.54, 1.807) is 0 Å². The minimum atomic E-state index is 0.485. The highest BCUT2D eigenvalue weighted by Crippen LogP contribution is 2.43. The predicted molar refractivity (Wildman–Crippen MR) is 64.9 cm³/mol. The van der Waals surface area contributed by atoms with Gasteiger partial charge in [0.05, 0.1) is 13.1 Å². The molecule has 1 heterocycles. The lowest BCUT2D eigenvalue weighted by Gasteiger charge is -2.41. The first-order chi connectivity index (χ1) is 7.78. The van der Waals surface area contributed by atoms with E-state index in [1.165, 1.54) is 25.7 Å². The van der Waals surface area contributed by atoms with Crippen molar-refractivity contribution in [3.05, 3.63) is 23.7 Å². The Labute approximate surface area is 97.4 Å². The van der Waals surface area contributed by atoms with Crippen LogP contribution in [0.2, 0.25) is 0 Å². The monoisotopic (exact) mass is 222 g/mol. The Hall–Kier alpha value is -0.800. The van der Waals surface area contributed by atoms with E-state index in [9.17, 15) is 0 Å². The Morgan fingerprint density at radius 2 is 2.12 bits per heavy atom. The summed E-state index contributed by atoms with van der Waals surface area (Å²) in [5, 5.41) is 3.50. The van der Waals surface area contributed by atoms with E-state index in [-0.39, 0.29) is 0 Å². The zero-order valence-corrected chi connectivity index (χ0v) is 10.1. The summed E-state index contributed by atoms with van der Waals surface area (Å²) >= 11 is 0. The molecule has 3 nitrogen and oxygen atoms in total. The molecular weight excluding hydrogens is 200 g/mol. The first kappa shape index (κ1) is 11.7. The average Bonchev–Trinajstić information content (AvgIpc) is 2.70. The van der Waals surface area contributed by atoms with Crippen LogP contribution in [0.1, 0.15) is 44.1 Å². The molecule has 0 unspecified atom stereocenters. The highest BCUT2D eigenvalue weighted by atomic mass is 16.3. The van der Waals surface area contributed by atoms with Crippen molar-refractivity contribution in [1.29, 1.82) is 0 Å². The molecule has 0 atom stereocenters. The molecule has 16 heavy (non-hydrogen) atoms. The summed E-state index contributed by atoms with van der Waals surface area (Å²) in [5.41, 5.74) is 6.07. The van der Waals surface area contributed by atoms with Crippen molar-refractivity contribution in [2.75, 3.05) is 6.54 Å². The summed E-state index contributed by atoms with van der Waals surface area (Å²) in [6, 6.07) is 3.96. The number of hydrogen-bond donors (Lipinski definition) is 2. The maximum Gasteiger partial charge on any atom is 0.118 e. The van der Waals surface area contributed by atoms with Crippen LogP contribution in [0, 0.1) is 5.41 Å². The summed E-state index contributed by atoms with van der Waals surface area (Å²) in [6.45, 7) is 4.71. The van der Waals surface area contributed by atoms with Gasteiger partial charge in [0.2, 0.25) is 0 Å². The fourth-order valence-electron chi connectivity index (χ4n) is 2.41. The lowest BCUT2D eigenvalue weighted by atomic mass is 9.67. The van der Waals surface area contributed by atoms with Gasteiger partial charge in [0, 0.05) is 6.54 Å². The van der Waals surface area contributed by atoms with Gasteiger partial charge < -0.3 is 15.5 Å². The normalized spacial score (nSPS) is 18.4. The Bertz CT molecular complexity index is 323. The standard InChI is InChI=1S/C13H22N2O/c1-2-13(6-3-7-13)10-15-9-12-5-4-11(8-14)16-12/h4-5,15H,2-3,6-10,14H2,1H3. The number of rotatable bonds is 6. The van der Waals surface area contributed by atoms with Crippen LogP contribution in [0.25, 0.3) is 0 Å². The van der Waals surface area contributed by atoms with Crippen LogP contribution in [-0.4, -0.2) is 6.54 Å². The molecule has 0 amide bonds. The van der Waals surface area contributed by atoms with E-state index in [0.717, 1.165) is 24.6 Å². The number of nitrogens with one attached hydrogen (secondary N) is 1. The topological polar surface area (TPSA) is 51.2 Å². The zero-order chi connectivity index (χ0) is 11.4. The molecular formula is C13H22N2O. The van der Waals surface area contributed by atoms with Crippen LogP contribution >= 0.6 is 0 Å². The van der Waals surface area contributed by atoms with Gasteiger partial charge in [-0.15, -0.1) is 0 Å². The van der Waals surface area contributed by atoms with E-state index < -0.39 is 0 Å². The largest absolute Gasteiger partial charge is 0.463 e. The molecule has 1 aliphatic rings. The van der Waals surface area contributed by atoms with E-state index in [2.05, 4.69) is 12.2 Å². The quantitative estimate of drug-likeness (QED) is 0.777. The average molecular weight is 222 g/mol. The van der Waals surface area contributed by atoms with Crippen molar-refractivity contribution >= 4 is 0 Å². The van der Waals surface area contributed by atoms with E-state index in [0.29, 0.717) is 12.0 Å². The summed E-state index contributed by atoms with van der Waals surface area (Å²) in [6.07, 6.45) is 5.44. The van der Waals surface area contributed by atoms with Gasteiger partial charge >= 0.3 is 0 Å². The number of furan rings is 1. The summed E-state index contributed by atoms with van der Waals surface area (Å²) in [4.78, 5) is 0. The van der Waals surface area contributed by atoms with E-state index in [4.69, 9.17) is 10.2 Å². The van der Waals surface area contributed by atoms with Crippen LogP contribution < -0.4 is 11.1 Å². The maximum absolute atomic E-state index is 5.55. The van der Waals surface area contributed by atoms with Gasteiger partial charge in [0.15, 0.2) is 0 Å². The van der Waals surface area contributed by atoms with E-state index in [1.807, 2.05) is 12.1 Å². The molecule has 3 heteroatoms.